The topological polar surface area (TPSA) is 37.3 Å². The van der Waals surface area contributed by atoms with Gasteiger partial charge in [0.2, 0.25) is 5.13 Å². The molecule has 5 heteroatoms. The molecule has 1 aromatic heterocycles. The second-order valence-corrected chi connectivity index (χ2v) is 4.45. The van der Waals surface area contributed by atoms with E-state index in [1.807, 2.05) is 36.6 Å². The highest BCUT2D eigenvalue weighted by molar-refractivity contribution is 7.13. The van der Waals surface area contributed by atoms with E-state index in [-0.39, 0.29) is 0 Å². The number of hydrazone groups is 1. The summed E-state index contributed by atoms with van der Waals surface area (Å²) in [6.45, 7) is 1.94. The summed E-state index contributed by atoms with van der Waals surface area (Å²) in [5.74, 6) is 0. The van der Waals surface area contributed by atoms with E-state index in [4.69, 9.17) is 11.6 Å². The van der Waals surface area contributed by atoms with Crippen molar-refractivity contribution < 1.29 is 0 Å². The minimum Gasteiger partial charge on any atom is -0.253 e. The summed E-state index contributed by atoms with van der Waals surface area (Å²) < 4.78 is 0. The van der Waals surface area contributed by atoms with Crippen molar-refractivity contribution in [3.8, 4) is 0 Å². The van der Waals surface area contributed by atoms with E-state index >= 15 is 0 Å². The van der Waals surface area contributed by atoms with Crippen molar-refractivity contribution in [1.29, 1.82) is 0 Å². The molecule has 0 aliphatic carbocycles. The van der Waals surface area contributed by atoms with Gasteiger partial charge in [0.15, 0.2) is 0 Å². The number of thiazole rings is 1. The fourth-order valence-electron chi connectivity index (χ4n) is 1.14. The molecule has 3 nitrogen and oxygen atoms in total. The smallest absolute Gasteiger partial charge is 0.203 e. The first-order valence-corrected chi connectivity index (χ1v) is 5.97. The van der Waals surface area contributed by atoms with E-state index in [9.17, 15) is 0 Å². The van der Waals surface area contributed by atoms with E-state index in [0.717, 1.165) is 16.4 Å². The Morgan fingerprint density at radius 1 is 1.44 bits per heavy atom. The fraction of sp³-hybridized carbons (Fsp3) is 0.0909. The number of halogens is 1. The molecule has 0 amide bonds. The molecule has 0 aliphatic heterocycles. The van der Waals surface area contributed by atoms with Crippen LogP contribution in [0.15, 0.2) is 34.7 Å². The molecule has 0 aliphatic rings. The third kappa shape index (κ3) is 2.81. The Balaban J connectivity index is 2.03. The largest absolute Gasteiger partial charge is 0.253 e. The van der Waals surface area contributed by atoms with Crippen molar-refractivity contribution in [1.82, 2.24) is 4.98 Å². The fourth-order valence-corrected chi connectivity index (χ4v) is 1.96. The minimum atomic E-state index is 0.684. The first-order chi connectivity index (χ1) is 7.75. The number of aryl methyl sites for hydroxylation is 1. The quantitative estimate of drug-likeness (QED) is 0.669. The molecule has 2 aromatic rings. The van der Waals surface area contributed by atoms with Crippen molar-refractivity contribution in [2.75, 3.05) is 5.43 Å². The van der Waals surface area contributed by atoms with Crippen LogP contribution in [0.1, 0.15) is 11.3 Å². The Kier molecular flexibility index (Phi) is 3.54. The van der Waals surface area contributed by atoms with Crippen molar-refractivity contribution in [2.45, 2.75) is 6.92 Å². The van der Waals surface area contributed by atoms with E-state index in [2.05, 4.69) is 15.5 Å². The van der Waals surface area contributed by atoms with Crippen LogP contribution >= 0.6 is 22.9 Å². The highest BCUT2D eigenvalue weighted by Gasteiger charge is 1.96. The Morgan fingerprint density at radius 2 is 2.25 bits per heavy atom. The summed E-state index contributed by atoms with van der Waals surface area (Å²) in [4.78, 5) is 4.22. The number of aromatic nitrogens is 1. The summed E-state index contributed by atoms with van der Waals surface area (Å²) in [6.07, 6.45) is 1.68. The number of nitrogens with one attached hydrogen (secondary N) is 1. The van der Waals surface area contributed by atoms with Crippen LogP contribution in [0.5, 0.6) is 0 Å². The number of benzene rings is 1. The van der Waals surface area contributed by atoms with Crippen LogP contribution in [0.25, 0.3) is 0 Å². The van der Waals surface area contributed by atoms with Crippen LogP contribution < -0.4 is 5.43 Å². The molecular formula is C11H10ClN3S. The van der Waals surface area contributed by atoms with Gasteiger partial charge in [-0.1, -0.05) is 29.8 Å². The monoisotopic (exact) mass is 251 g/mol. The SMILES string of the molecule is Cc1csc(N/N=C\c2ccccc2Cl)n1. The summed E-state index contributed by atoms with van der Waals surface area (Å²) in [5.41, 5.74) is 4.73. The average Bonchev–Trinajstić information content (AvgIpc) is 2.67. The molecule has 0 saturated heterocycles. The maximum atomic E-state index is 5.98. The Bertz CT molecular complexity index is 507. The van der Waals surface area contributed by atoms with E-state index in [1.54, 1.807) is 6.21 Å². The van der Waals surface area contributed by atoms with Crippen LogP contribution in [0.4, 0.5) is 5.13 Å². The van der Waals surface area contributed by atoms with Gasteiger partial charge in [0.1, 0.15) is 0 Å². The van der Waals surface area contributed by atoms with E-state index in [0.29, 0.717) is 5.02 Å². The molecule has 0 fully saturated rings. The third-order valence-corrected chi connectivity index (χ3v) is 3.10. The molecule has 0 bridgehead atoms. The summed E-state index contributed by atoms with van der Waals surface area (Å²) >= 11 is 7.50. The molecule has 0 atom stereocenters. The van der Waals surface area contributed by atoms with Gasteiger partial charge in [0.25, 0.3) is 0 Å². The van der Waals surface area contributed by atoms with Crippen molar-refractivity contribution in [2.24, 2.45) is 5.10 Å². The molecule has 0 radical (unpaired) electrons. The second kappa shape index (κ2) is 5.09. The van der Waals surface area contributed by atoms with Gasteiger partial charge in [-0.3, -0.25) is 5.43 Å². The van der Waals surface area contributed by atoms with E-state index < -0.39 is 0 Å². The number of rotatable bonds is 3. The number of hydrogen-bond donors (Lipinski definition) is 1. The molecule has 1 heterocycles. The molecule has 0 saturated carbocycles. The van der Waals surface area contributed by atoms with Crippen molar-refractivity contribution in [3.05, 3.63) is 45.9 Å². The lowest BCUT2D eigenvalue weighted by Crippen LogP contribution is -1.90. The second-order valence-electron chi connectivity index (χ2n) is 3.19. The lowest BCUT2D eigenvalue weighted by molar-refractivity contribution is 1.22. The highest BCUT2D eigenvalue weighted by atomic mass is 35.5. The van der Waals surface area contributed by atoms with Gasteiger partial charge < -0.3 is 0 Å². The van der Waals surface area contributed by atoms with Gasteiger partial charge in [-0.25, -0.2) is 4.98 Å². The predicted molar refractivity (Wildman–Crippen MR) is 69.5 cm³/mol. The van der Waals surface area contributed by atoms with Gasteiger partial charge in [-0.2, -0.15) is 5.10 Å². The Labute approximate surface area is 103 Å². The van der Waals surface area contributed by atoms with E-state index in [1.165, 1.54) is 11.3 Å². The van der Waals surface area contributed by atoms with Gasteiger partial charge in [0.05, 0.1) is 11.9 Å². The standard InChI is InChI=1S/C11H10ClN3S/c1-8-7-16-11(14-8)15-13-6-9-4-2-3-5-10(9)12/h2-7H,1H3,(H,14,15)/b13-6-. The molecule has 16 heavy (non-hydrogen) atoms. The third-order valence-electron chi connectivity index (χ3n) is 1.89. The van der Waals surface area contributed by atoms with Crippen LogP contribution in [0, 0.1) is 6.92 Å². The highest BCUT2D eigenvalue weighted by Crippen LogP contribution is 2.15. The molecule has 2 rings (SSSR count). The maximum absolute atomic E-state index is 5.98. The summed E-state index contributed by atoms with van der Waals surface area (Å²) in [5, 5.41) is 7.50. The zero-order chi connectivity index (χ0) is 11.4. The molecule has 0 unspecified atom stereocenters. The summed E-state index contributed by atoms with van der Waals surface area (Å²) in [7, 11) is 0. The van der Waals surface area contributed by atoms with Crippen LogP contribution in [0.3, 0.4) is 0 Å². The zero-order valence-corrected chi connectivity index (χ0v) is 10.2. The van der Waals surface area contributed by atoms with Gasteiger partial charge in [-0.15, -0.1) is 11.3 Å². The predicted octanol–water partition coefficient (Wildman–Crippen LogP) is 3.55. The van der Waals surface area contributed by atoms with Crippen LogP contribution in [-0.4, -0.2) is 11.2 Å². The number of anilines is 1. The maximum Gasteiger partial charge on any atom is 0.203 e. The normalized spacial score (nSPS) is 10.9. The van der Waals surface area contributed by atoms with Crippen molar-refractivity contribution >= 4 is 34.3 Å². The van der Waals surface area contributed by atoms with Gasteiger partial charge in [0, 0.05) is 16.0 Å². The molecule has 1 aromatic carbocycles. The molecule has 1 N–H and O–H groups in total. The molecule has 82 valence electrons. The number of nitrogens with zero attached hydrogens (tertiary/aromatic N) is 2. The lowest BCUT2D eigenvalue weighted by Gasteiger charge is -1.96. The molecular weight excluding hydrogens is 242 g/mol. The zero-order valence-electron chi connectivity index (χ0n) is 8.64. The van der Waals surface area contributed by atoms with Crippen LogP contribution in [0.2, 0.25) is 5.02 Å². The lowest BCUT2D eigenvalue weighted by atomic mass is 10.2. The molecule has 0 spiro atoms. The van der Waals surface area contributed by atoms with Gasteiger partial charge in [-0.05, 0) is 13.0 Å². The number of hydrogen-bond acceptors (Lipinski definition) is 4. The first kappa shape index (κ1) is 11.1. The van der Waals surface area contributed by atoms with Crippen LogP contribution in [-0.2, 0) is 0 Å². The Morgan fingerprint density at radius 3 is 2.94 bits per heavy atom. The Hall–Kier alpha value is -1.39. The summed E-state index contributed by atoms with van der Waals surface area (Å²) in [6, 6.07) is 7.54. The van der Waals surface area contributed by atoms with Crippen molar-refractivity contribution in [3.63, 3.8) is 0 Å². The van der Waals surface area contributed by atoms with Gasteiger partial charge >= 0.3 is 0 Å². The minimum absolute atomic E-state index is 0.684. The average molecular weight is 252 g/mol. The first-order valence-electron chi connectivity index (χ1n) is 4.71.